The summed E-state index contributed by atoms with van der Waals surface area (Å²) in [4.78, 5) is 52.4. The molecule has 4 amide bonds. The van der Waals surface area contributed by atoms with Crippen LogP contribution in [-0.2, 0) is 24.2 Å². The van der Waals surface area contributed by atoms with Crippen LogP contribution in [0.2, 0.25) is 0 Å². The van der Waals surface area contributed by atoms with Crippen LogP contribution in [-0.4, -0.2) is 92.4 Å². The average Bonchev–Trinajstić information content (AvgIpc) is 3.46. The molecule has 2 aromatic heterocycles. The van der Waals surface area contributed by atoms with Gasteiger partial charge in [-0.15, -0.1) is 0 Å². The number of amides is 4. The Morgan fingerprint density at radius 2 is 1.57 bits per heavy atom. The normalized spacial score (nSPS) is 15.4. The van der Waals surface area contributed by atoms with Crippen molar-refractivity contribution in [3.8, 4) is 17.1 Å². The maximum Gasteiger partial charge on any atom is 0.404 e. The Kier molecular flexibility index (Phi) is 12.7. The van der Waals surface area contributed by atoms with Gasteiger partial charge in [-0.1, -0.05) is 87.5 Å². The molecule has 4 atom stereocenters. The number of nitrogens with zero attached hydrogens (tertiary/aromatic N) is 4. The minimum atomic E-state index is -1.26. The third-order valence-electron chi connectivity index (χ3n) is 9.41. The van der Waals surface area contributed by atoms with Crippen LogP contribution in [0.1, 0.15) is 49.7 Å². The summed E-state index contributed by atoms with van der Waals surface area (Å²) in [6, 6.07) is 25.9. The first-order valence-electron chi connectivity index (χ1n) is 17.9. The van der Waals surface area contributed by atoms with Crippen molar-refractivity contribution in [3.63, 3.8) is 0 Å². The Hall–Kier alpha value is -5.49. The van der Waals surface area contributed by atoms with E-state index in [0.717, 1.165) is 33.8 Å². The molecule has 280 valence electrons. The van der Waals surface area contributed by atoms with Crippen molar-refractivity contribution in [1.82, 2.24) is 30.4 Å². The third-order valence-corrected chi connectivity index (χ3v) is 9.41. The Bertz CT molecular complexity index is 1850. The molecule has 0 radical (unpaired) electrons. The zero-order chi connectivity index (χ0) is 38.1. The van der Waals surface area contributed by atoms with Crippen LogP contribution < -0.4 is 15.4 Å². The van der Waals surface area contributed by atoms with Crippen LogP contribution in [0, 0.1) is 12.3 Å². The Morgan fingerprint density at radius 3 is 2.23 bits per heavy atom. The molecule has 3 heterocycles. The van der Waals surface area contributed by atoms with Gasteiger partial charge < -0.3 is 35.4 Å². The number of hydrogen-bond donors (Lipinski definition) is 4. The zero-order valence-corrected chi connectivity index (χ0v) is 31.0. The molecule has 0 saturated carbocycles. The summed E-state index contributed by atoms with van der Waals surface area (Å²) in [5.41, 5.74) is 4.37. The van der Waals surface area contributed by atoms with E-state index in [9.17, 15) is 24.6 Å². The first-order chi connectivity index (χ1) is 25.3. The second kappa shape index (κ2) is 17.4. The van der Waals surface area contributed by atoms with Gasteiger partial charge >= 0.3 is 12.1 Å². The number of carboxylic acid groups (broad SMARTS) is 1. The molecule has 2 aromatic carbocycles. The van der Waals surface area contributed by atoms with E-state index in [-0.39, 0.29) is 24.8 Å². The highest BCUT2D eigenvalue weighted by molar-refractivity contribution is 5.89. The van der Waals surface area contributed by atoms with E-state index in [0.29, 0.717) is 31.9 Å². The van der Waals surface area contributed by atoms with E-state index in [1.807, 2.05) is 113 Å². The first kappa shape index (κ1) is 38.7. The molecule has 1 aliphatic heterocycles. The maximum absolute atomic E-state index is 14.3. The molecule has 12 nitrogen and oxygen atoms in total. The number of carbonyl (C=O) groups excluding carboxylic acids is 2. The largest absolute Gasteiger partial charge is 0.481 e. The molecule has 1 saturated heterocycles. The predicted octanol–water partition coefficient (Wildman–Crippen LogP) is 5.47. The monoisotopic (exact) mass is 722 g/mol. The number of carbonyl (C=O) groups is 3. The number of pyridine rings is 2. The van der Waals surface area contributed by atoms with E-state index in [1.54, 1.807) is 23.0 Å². The molecule has 5 rings (SSSR count). The fourth-order valence-electron chi connectivity index (χ4n) is 6.90. The number of aryl methyl sites for hydroxylation is 1. The average molecular weight is 723 g/mol. The van der Waals surface area contributed by atoms with Crippen LogP contribution in [0.15, 0.2) is 91.0 Å². The van der Waals surface area contributed by atoms with Crippen molar-refractivity contribution in [1.29, 1.82) is 0 Å². The summed E-state index contributed by atoms with van der Waals surface area (Å²) in [5.74, 6) is 0.162. The van der Waals surface area contributed by atoms with E-state index in [4.69, 9.17) is 4.74 Å². The fraction of sp³-hybridized carbons (Fsp3) is 0.390. The Balaban J connectivity index is 1.33. The minimum Gasteiger partial charge on any atom is -0.481 e. The van der Waals surface area contributed by atoms with Crippen molar-refractivity contribution in [3.05, 3.63) is 114 Å². The zero-order valence-electron chi connectivity index (χ0n) is 31.0. The van der Waals surface area contributed by atoms with Gasteiger partial charge in [0.05, 0.1) is 37.2 Å². The van der Waals surface area contributed by atoms with Gasteiger partial charge in [-0.25, -0.2) is 14.6 Å². The van der Waals surface area contributed by atoms with E-state index in [1.165, 1.54) is 0 Å². The number of aliphatic hydroxyl groups is 1. The molecule has 4 N–H and O–H groups in total. The van der Waals surface area contributed by atoms with E-state index in [2.05, 4.69) is 20.6 Å². The van der Waals surface area contributed by atoms with Gasteiger partial charge in [0.25, 0.3) is 0 Å². The van der Waals surface area contributed by atoms with Gasteiger partial charge in [-0.2, -0.15) is 0 Å². The highest BCUT2D eigenvalue weighted by atomic mass is 16.5. The molecule has 4 aromatic rings. The van der Waals surface area contributed by atoms with E-state index < -0.39 is 35.7 Å². The lowest BCUT2D eigenvalue weighted by atomic mass is 9.84. The number of methoxy groups -OCH3 is 1. The van der Waals surface area contributed by atoms with Crippen LogP contribution in [0.5, 0.6) is 5.88 Å². The van der Waals surface area contributed by atoms with Crippen LogP contribution in [0.25, 0.3) is 11.3 Å². The number of ether oxygens (including phenoxy) is 1. The number of nitrogens with one attached hydrogen (secondary N) is 2. The Labute approximate surface area is 311 Å². The van der Waals surface area contributed by atoms with Crippen molar-refractivity contribution >= 4 is 18.0 Å². The van der Waals surface area contributed by atoms with Gasteiger partial charge in [0.1, 0.15) is 6.04 Å². The number of rotatable bonds is 15. The third kappa shape index (κ3) is 10.5. The second-order valence-corrected chi connectivity index (χ2v) is 14.7. The van der Waals surface area contributed by atoms with E-state index >= 15 is 0 Å². The molecule has 0 bridgehead atoms. The number of hydrogen-bond acceptors (Lipinski definition) is 7. The predicted molar refractivity (Wildman–Crippen MR) is 202 cm³/mol. The highest BCUT2D eigenvalue weighted by Crippen LogP contribution is 2.29. The molecule has 0 unspecified atom stereocenters. The summed E-state index contributed by atoms with van der Waals surface area (Å²) in [7, 11) is 1.56. The summed E-state index contributed by atoms with van der Waals surface area (Å²) in [6.07, 6.45) is -1.75. The van der Waals surface area contributed by atoms with Crippen LogP contribution >= 0.6 is 0 Å². The number of urea groups is 1. The standard InChI is InChI=1S/C41H50N6O6/c1-27-11-9-14-31(42-27)26-46-21-22-47(40(46)52)37(41(2,3)4)38(49)43-32(23-28-12-7-6-8-13-28)25-35(48)34(45-39(50)51)24-29-17-19-30(20-18-29)33-15-10-16-36(44-33)53-5/h6-20,32,34-35,37,45,48H,21-26H2,1-5H3,(H,43,49)(H,50,51)/t32-,34-,35+,37+/m0/s1. The van der Waals surface area contributed by atoms with Gasteiger partial charge in [-0.05, 0) is 60.9 Å². The van der Waals surface area contributed by atoms with Crippen LogP contribution in [0.4, 0.5) is 9.59 Å². The Morgan fingerprint density at radius 1 is 0.868 bits per heavy atom. The van der Waals surface area contributed by atoms with Crippen molar-refractivity contribution in [2.75, 3.05) is 20.2 Å². The summed E-state index contributed by atoms with van der Waals surface area (Å²) in [6.45, 7) is 8.88. The number of benzene rings is 2. The van der Waals surface area contributed by atoms with Gasteiger partial charge in [0.2, 0.25) is 11.8 Å². The topological polar surface area (TPSA) is 157 Å². The van der Waals surface area contributed by atoms with Gasteiger partial charge in [0, 0.05) is 36.5 Å². The maximum atomic E-state index is 14.3. The van der Waals surface area contributed by atoms with Crippen molar-refractivity contribution < 1.29 is 29.3 Å². The molecule has 1 fully saturated rings. The summed E-state index contributed by atoms with van der Waals surface area (Å²) < 4.78 is 5.25. The fourth-order valence-corrected chi connectivity index (χ4v) is 6.90. The summed E-state index contributed by atoms with van der Waals surface area (Å²) in [5, 5.41) is 27.0. The molecule has 53 heavy (non-hydrogen) atoms. The highest BCUT2D eigenvalue weighted by Gasteiger charge is 2.44. The molecule has 12 heteroatoms. The van der Waals surface area contributed by atoms with Gasteiger partial charge in [0.15, 0.2) is 0 Å². The minimum absolute atomic E-state index is 0.0629. The quantitative estimate of drug-likeness (QED) is 0.126. The molecule has 0 spiro atoms. The summed E-state index contributed by atoms with van der Waals surface area (Å²) >= 11 is 0. The second-order valence-electron chi connectivity index (χ2n) is 14.7. The SMILES string of the molecule is COc1cccc(-c2ccc(C[C@H](NC(=O)O)[C@H](O)C[C@H](Cc3ccccc3)NC(=O)[C@@H](N3CCN(Cc4cccc(C)n4)C3=O)C(C)(C)C)cc2)n1. The van der Waals surface area contributed by atoms with Crippen molar-refractivity contribution in [2.45, 2.75) is 77.7 Å². The van der Waals surface area contributed by atoms with Crippen molar-refractivity contribution in [2.24, 2.45) is 5.41 Å². The smallest absolute Gasteiger partial charge is 0.404 e. The lowest BCUT2D eigenvalue weighted by molar-refractivity contribution is -0.129. The molecular formula is C41H50N6O6. The van der Waals surface area contributed by atoms with Gasteiger partial charge in [-0.3, -0.25) is 9.78 Å². The molecular weight excluding hydrogens is 672 g/mol. The first-order valence-corrected chi connectivity index (χ1v) is 17.9. The number of aliphatic hydroxyl groups excluding tert-OH is 1. The molecule has 0 aliphatic carbocycles. The van der Waals surface area contributed by atoms with Crippen LogP contribution in [0.3, 0.4) is 0 Å². The number of aromatic nitrogens is 2. The lowest BCUT2D eigenvalue weighted by Crippen LogP contribution is -2.57. The molecule has 1 aliphatic rings. The lowest BCUT2D eigenvalue weighted by Gasteiger charge is -2.38.